The maximum atomic E-state index is 12.7. The lowest BCUT2D eigenvalue weighted by Crippen LogP contribution is -2.01. The highest BCUT2D eigenvalue weighted by atomic mass is 31.2. The van der Waals surface area contributed by atoms with Gasteiger partial charge in [-0.05, 0) is 38.5 Å². The Balaban J connectivity index is 1.89. The zero-order chi connectivity index (χ0) is 19.4. The zero-order valence-electron chi connectivity index (χ0n) is 15.7. The van der Waals surface area contributed by atoms with Gasteiger partial charge < -0.3 is 13.5 Å². The van der Waals surface area contributed by atoms with Gasteiger partial charge in [-0.25, -0.2) is 0 Å². The maximum Gasteiger partial charge on any atom is 0.335 e. The Labute approximate surface area is 158 Å². The Hall–Kier alpha value is -2.20. The quantitative estimate of drug-likeness (QED) is 0.499. The second kappa shape index (κ2) is 8.22. The van der Waals surface area contributed by atoms with E-state index in [0.29, 0.717) is 29.9 Å². The first-order valence-corrected chi connectivity index (χ1v) is 10.7. The molecule has 6 heteroatoms. The first kappa shape index (κ1) is 19.6. The summed E-state index contributed by atoms with van der Waals surface area (Å²) in [7, 11) is -3.15. The fourth-order valence-corrected chi connectivity index (χ4v) is 4.63. The van der Waals surface area contributed by atoms with Crippen molar-refractivity contribution in [2.45, 2.75) is 26.9 Å². The Morgan fingerprint density at radius 2 is 1.63 bits per heavy atom. The van der Waals surface area contributed by atoms with Crippen molar-refractivity contribution in [1.29, 1.82) is 0 Å². The van der Waals surface area contributed by atoms with Crippen LogP contribution in [0.15, 0.2) is 57.7 Å². The summed E-state index contributed by atoms with van der Waals surface area (Å²) in [6, 6.07) is 14.4. The zero-order valence-corrected chi connectivity index (χ0v) is 16.6. The van der Waals surface area contributed by atoms with E-state index in [1.54, 1.807) is 13.8 Å². The van der Waals surface area contributed by atoms with Gasteiger partial charge in [-0.2, -0.15) is 0 Å². The molecule has 0 amide bonds. The fourth-order valence-electron chi connectivity index (χ4n) is 2.93. The van der Waals surface area contributed by atoms with Gasteiger partial charge in [0.15, 0.2) is 5.43 Å². The second-order valence-electron chi connectivity index (χ2n) is 6.28. The Bertz CT molecular complexity index is 1030. The number of hydrogen-bond donors (Lipinski definition) is 0. The summed E-state index contributed by atoms with van der Waals surface area (Å²) in [6.07, 6.45) is 0.204. The van der Waals surface area contributed by atoms with Gasteiger partial charge >= 0.3 is 7.60 Å². The van der Waals surface area contributed by atoms with Gasteiger partial charge in [0, 0.05) is 11.6 Å². The minimum Gasteiger partial charge on any atom is -0.456 e. The van der Waals surface area contributed by atoms with Crippen LogP contribution >= 0.6 is 7.60 Å². The third-order valence-electron chi connectivity index (χ3n) is 4.15. The molecule has 5 nitrogen and oxygen atoms in total. The Kier molecular flexibility index (Phi) is 5.95. The molecule has 0 aliphatic rings. The van der Waals surface area contributed by atoms with Crippen molar-refractivity contribution < 1.29 is 18.0 Å². The molecule has 3 aromatic rings. The molecular formula is C21H23O5P. The van der Waals surface area contributed by atoms with Crippen molar-refractivity contribution >= 4 is 18.6 Å². The van der Waals surface area contributed by atoms with E-state index in [0.717, 1.165) is 16.7 Å². The molecule has 1 aromatic heterocycles. The minimum absolute atomic E-state index is 0.0729. The average Bonchev–Trinajstić information content (AvgIpc) is 2.63. The SMILES string of the molecule is CCOP(=O)(Cc1ccc(-c2cc(=O)c3cc(C)ccc3o2)cc1)OCC. The molecule has 0 saturated carbocycles. The van der Waals surface area contributed by atoms with Crippen LogP contribution in [0.5, 0.6) is 0 Å². The van der Waals surface area contributed by atoms with E-state index in [1.165, 1.54) is 6.07 Å². The number of benzene rings is 2. The summed E-state index contributed by atoms with van der Waals surface area (Å²) < 4.78 is 29.2. The first-order chi connectivity index (χ1) is 12.9. The normalized spacial score (nSPS) is 11.8. The summed E-state index contributed by atoms with van der Waals surface area (Å²) in [6.45, 7) is 6.18. The van der Waals surface area contributed by atoms with Crippen molar-refractivity contribution in [3.63, 3.8) is 0 Å². The molecule has 0 unspecified atom stereocenters. The fraction of sp³-hybridized carbons (Fsp3) is 0.286. The van der Waals surface area contributed by atoms with Gasteiger partial charge in [-0.1, -0.05) is 35.9 Å². The molecule has 3 rings (SSSR count). The van der Waals surface area contributed by atoms with Crippen LogP contribution in [-0.2, 0) is 19.8 Å². The second-order valence-corrected chi connectivity index (χ2v) is 8.33. The van der Waals surface area contributed by atoms with Crippen LogP contribution in [0.3, 0.4) is 0 Å². The number of rotatable bonds is 7. The van der Waals surface area contributed by atoms with Crippen molar-refractivity contribution in [2.75, 3.05) is 13.2 Å². The number of fused-ring (bicyclic) bond motifs is 1. The lowest BCUT2D eigenvalue weighted by Gasteiger charge is -2.17. The molecule has 0 atom stereocenters. The molecule has 142 valence electrons. The maximum absolute atomic E-state index is 12.7. The average molecular weight is 386 g/mol. The van der Waals surface area contributed by atoms with Crippen LogP contribution in [-0.4, -0.2) is 13.2 Å². The van der Waals surface area contributed by atoms with Gasteiger partial charge in [-0.15, -0.1) is 0 Å². The summed E-state index contributed by atoms with van der Waals surface area (Å²) >= 11 is 0. The van der Waals surface area contributed by atoms with Crippen LogP contribution in [0.4, 0.5) is 0 Å². The third-order valence-corrected chi connectivity index (χ3v) is 6.20. The Morgan fingerprint density at radius 1 is 0.963 bits per heavy atom. The van der Waals surface area contributed by atoms with E-state index in [2.05, 4.69) is 0 Å². The molecule has 1 heterocycles. The molecular weight excluding hydrogens is 363 g/mol. The van der Waals surface area contributed by atoms with E-state index in [9.17, 15) is 9.36 Å². The van der Waals surface area contributed by atoms with Crippen LogP contribution < -0.4 is 5.43 Å². The molecule has 0 aliphatic heterocycles. The highest BCUT2D eigenvalue weighted by Gasteiger charge is 2.24. The molecule has 0 fully saturated rings. The number of hydrogen-bond acceptors (Lipinski definition) is 5. The standard InChI is InChI=1S/C21H23O5P/c1-4-24-27(23,25-5-2)14-16-7-9-17(10-8-16)21-13-19(22)18-12-15(3)6-11-20(18)26-21/h6-13H,4-5,14H2,1-3H3. The monoisotopic (exact) mass is 386 g/mol. The summed E-state index contributed by atoms with van der Waals surface area (Å²) in [5.74, 6) is 0.501. The largest absolute Gasteiger partial charge is 0.456 e. The summed E-state index contributed by atoms with van der Waals surface area (Å²) in [5, 5.41) is 0.574. The minimum atomic E-state index is -3.15. The predicted molar refractivity (Wildman–Crippen MR) is 107 cm³/mol. The highest BCUT2D eigenvalue weighted by Crippen LogP contribution is 2.51. The van der Waals surface area contributed by atoms with Gasteiger partial charge in [0.25, 0.3) is 0 Å². The van der Waals surface area contributed by atoms with Crippen LogP contribution in [0, 0.1) is 6.92 Å². The smallest absolute Gasteiger partial charge is 0.335 e. The summed E-state index contributed by atoms with van der Waals surface area (Å²) in [4.78, 5) is 12.4. The first-order valence-electron chi connectivity index (χ1n) is 8.96. The van der Waals surface area contributed by atoms with Crippen molar-refractivity contribution in [1.82, 2.24) is 0 Å². The number of aryl methyl sites for hydroxylation is 1. The molecule has 2 aromatic carbocycles. The predicted octanol–water partition coefficient (Wildman–Crippen LogP) is 5.53. The van der Waals surface area contributed by atoms with Gasteiger partial charge in [0.2, 0.25) is 0 Å². The van der Waals surface area contributed by atoms with E-state index in [1.807, 2.05) is 49.4 Å². The van der Waals surface area contributed by atoms with Crippen LogP contribution in [0.25, 0.3) is 22.3 Å². The third kappa shape index (κ3) is 4.56. The Morgan fingerprint density at radius 3 is 2.26 bits per heavy atom. The molecule has 27 heavy (non-hydrogen) atoms. The molecule has 0 saturated heterocycles. The van der Waals surface area contributed by atoms with Crippen molar-refractivity contribution in [3.8, 4) is 11.3 Å². The van der Waals surface area contributed by atoms with Crippen LogP contribution in [0.1, 0.15) is 25.0 Å². The lowest BCUT2D eigenvalue weighted by atomic mass is 10.1. The van der Waals surface area contributed by atoms with E-state index in [-0.39, 0.29) is 11.6 Å². The molecule has 0 spiro atoms. The van der Waals surface area contributed by atoms with Gasteiger partial charge in [0.1, 0.15) is 11.3 Å². The highest BCUT2D eigenvalue weighted by molar-refractivity contribution is 7.53. The van der Waals surface area contributed by atoms with Gasteiger partial charge in [0.05, 0.1) is 24.8 Å². The van der Waals surface area contributed by atoms with E-state index in [4.69, 9.17) is 13.5 Å². The van der Waals surface area contributed by atoms with Crippen molar-refractivity contribution in [2.24, 2.45) is 0 Å². The topological polar surface area (TPSA) is 65.7 Å². The van der Waals surface area contributed by atoms with Gasteiger partial charge in [-0.3, -0.25) is 9.36 Å². The molecule has 0 N–H and O–H groups in total. The lowest BCUT2D eigenvalue weighted by molar-refractivity contribution is 0.219. The van der Waals surface area contributed by atoms with E-state index >= 15 is 0 Å². The van der Waals surface area contributed by atoms with Crippen LogP contribution in [0.2, 0.25) is 0 Å². The molecule has 0 radical (unpaired) electrons. The summed E-state index contributed by atoms with van der Waals surface area (Å²) in [5.41, 5.74) is 3.12. The van der Waals surface area contributed by atoms with E-state index < -0.39 is 7.60 Å². The van der Waals surface area contributed by atoms with Crippen molar-refractivity contribution in [3.05, 3.63) is 69.9 Å². The molecule has 0 bridgehead atoms. The molecule has 0 aliphatic carbocycles.